The molecule has 1 aromatic carbocycles. The Morgan fingerprint density at radius 2 is 1.91 bits per heavy atom. The number of carboxylic acid groups (broad SMARTS) is 1. The van der Waals surface area contributed by atoms with Gasteiger partial charge in [0.05, 0.1) is 5.52 Å². The van der Waals surface area contributed by atoms with Crippen LogP contribution in [0.4, 0.5) is 5.95 Å². The molecule has 116 valence electrons. The van der Waals surface area contributed by atoms with Gasteiger partial charge in [-0.25, -0.2) is 9.97 Å². The second-order valence-corrected chi connectivity index (χ2v) is 5.02. The quantitative estimate of drug-likeness (QED) is 0.697. The van der Waals surface area contributed by atoms with Crippen molar-refractivity contribution in [2.24, 2.45) is 0 Å². The van der Waals surface area contributed by atoms with Crippen LogP contribution in [0.25, 0.3) is 22.0 Å². The summed E-state index contributed by atoms with van der Waals surface area (Å²) in [6, 6.07) is 5.29. The average molecular weight is 311 g/mol. The summed E-state index contributed by atoms with van der Waals surface area (Å²) in [6.07, 6.45) is 3.16. The van der Waals surface area contributed by atoms with Crippen LogP contribution in [-0.4, -0.2) is 36.6 Å². The third-order valence-electron chi connectivity index (χ3n) is 3.37. The smallest absolute Gasteiger partial charge is 0.325 e. The molecule has 0 saturated carbocycles. The van der Waals surface area contributed by atoms with Gasteiger partial charge in [-0.2, -0.15) is 5.10 Å². The van der Waals surface area contributed by atoms with E-state index in [0.717, 1.165) is 11.1 Å². The number of fused-ring (bicyclic) bond motifs is 1. The minimum atomic E-state index is -1.03. The molecule has 8 heteroatoms. The maximum absolute atomic E-state index is 11.8. The zero-order valence-corrected chi connectivity index (χ0v) is 12.2. The zero-order valence-electron chi connectivity index (χ0n) is 12.2. The van der Waals surface area contributed by atoms with Gasteiger partial charge < -0.3 is 10.8 Å². The molecule has 0 bridgehead atoms. The molecule has 0 unspecified atom stereocenters. The summed E-state index contributed by atoms with van der Waals surface area (Å²) >= 11 is 0. The van der Waals surface area contributed by atoms with Crippen molar-refractivity contribution in [1.29, 1.82) is 0 Å². The molecule has 0 fully saturated rings. The van der Waals surface area contributed by atoms with Crippen LogP contribution in [0.1, 0.15) is 17.4 Å². The molecule has 0 radical (unpaired) electrons. The lowest BCUT2D eigenvalue weighted by atomic mass is 10.0. The lowest BCUT2D eigenvalue weighted by Gasteiger charge is -2.03. The Hall–Kier alpha value is -3.29. The molecule has 0 amide bonds. The standard InChI is InChI=1S/C15H13N5O3/c1-8(21)14-11-4-9(10-5-17-15(16)18-6-10)2-3-12(11)20(19-14)7-13(22)23/h2-6H,7H2,1H3,(H,22,23)(H2,16,17,18). The van der Waals surface area contributed by atoms with Gasteiger partial charge in [0.2, 0.25) is 5.95 Å². The van der Waals surface area contributed by atoms with Crippen LogP contribution in [0.3, 0.4) is 0 Å². The van der Waals surface area contributed by atoms with E-state index in [2.05, 4.69) is 15.1 Å². The van der Waals surface area contributed by atoms with Crippen molar-refractivity contribution in [3.05, 3.63) is 36.3 Å². The number of carbonyl (C=O) groups excluding carboxylic acids is 1. The van der Waals surface area contributed by atoms with Gasteiger partial charge >= 0.3 is 5.97 Å². The molecule has 0 aliphatic carbocycles. The largest absolute Gasteiger partial charge is 0.480 e. The summed E-state index contributed by atoms with van der Waals surface area (Å²) in [6.45, 7) is 1.08. The molecule has 3 aromatic rings. The Bertz CT molecular complexity index is 915. The first-order valence-electron chi connectivity index (χ1n) is 6.77. The lowest BCUT2D eigenvalue weighted by Crippen LogP contribution is -2.10. The number of carbonyl (C=O) groups is 2. The van der Waals surface area contributed by atoms with Gasteiger partial charge in [-0.3, -0.25) is 14.3 Å². The summed E-state index contributed by atoms with van der Waals surface area (Å²) < 4.78 is 1.30. The van der Waals surface area contributed by atoms with Crippen LogP contribution in [0.2, 0.25) is 0 Å². The number of nitrogens with zero attached hydrogens (tertiary/aromatic N) is 4. The van der Waals surface area contributed by atoms with Crippen LogP contribution in [-0.2, 0) is 11.3 Å². The summed E-state index contributed by atoms with van der Waals surface area (Å²) in [5.41, 5.74) is 7.81. The number of rotatable bonds is 4. The normalized spacial score (nSPS) is 10.8. The summed E-state index contributed by atoms with van der Waals surface area (Å²) in [5, 5.41) is 13.7. The predicted molar refractivity (Wildman–Crippen MR) is 82.8 cm³/mol. The number of Topliss-reactive ketones (excluding diaryl/α,β-unsaturated/α-hetero) is 1. The number of ketones is 1. The van der Waals surface area contributed by atoms with Gasteiger partial charge in [0, 0.05) is 30.3 Å². The Labute approximate surface area is 130 Å². The van der Waals surface area contributed by atoms with Gasteiger partial charge in [0.1, 0.15) is 12.2 Å². The molecular weight excluding hydrogens is 298 g/mol. The highest BCUT2D eigenvalue weighted by Crippen LogP contribution is 2.26. The van der Waals surface area contributed by atoms with Crippen molar-refractivity contribution in [2.45, 2.75) is 13.5 Å². The lowest BCUT2D eigenvalue weighted by molar-refractivity contribution is -0.137. The van der Waals surface area contributed by atoms with Crippen molar-refractivity contribution >= 4 is 28.6 Å². The fraction of sp³-hybridized carbons (Fsp3) is 0.133. The van der Waals surface area contributed by atoms with Gasteiger partial charge in [0.15, 0.2) is 5.78 Å². The maximum atomic E-state index is 11.8. The van der Waals surface area contributed by atoms with E-state index in [0.29, 0.717) is 10.9 Å². The van der Waals surface area contributed by atoms with E-state index < -0.39 is 5.97 Å². The molecule has 3 N–H and O–H groups in total. The minimum Gasteiger partial charge on any atom is -0.480 e. The summed E-state index contributed by atoms with van der Waals surface area (Å²) in [5.74, 6) is -1.08. The number of hydrogen-bond acceptors (Lipinski definition) is 6. The number of hydrogen-bond donors (Lipinski definition) is 2. The topological polar surface area (TPSA) is 124 Å². The monoisotopic (exact) mass is 311 g/mol. The van der Waals surface area contributed by atoms with Crippen LogP contribution in [0.5, 0.6) is 0 Å². The highest BCUT2D eigenvalue weighted by atomic mass is 16.4. The number of aromatic nitrogens is 4. The van der Waals surface area contributed by atoms with Crippen LogP contribution in [0.15, 0.2) is 30.6 Å². The number of anilines is 1. The van der Waals surface area contributed by atoms with Crippen LogP contribution < -0.4 is 5.73 Å². The Morgan fingerprint density at radius 1 is 1.22 bits per heavy atom. The van der Waals surface area contributed by atoms with E-state index >= 15 is 0 Å². The third-order valence-corrected chi connectivity index (χ3v) is 3.37. The molecule has 3 rings (SSSR count). The minimum absolute atomic E-state index is 0.175. The Morgan fingerprint density at radius 3 is 2.52 bits per heavy atom. The first-order chi connectivity index (χ1) is 11.0. The molecule has 23 heavy (non-hydrogen) atoms. The van der Waals surface area contributed by atoms with Crippen LogP contribution in [0, 0.1) is 0 Å². The maximum Gasteiger partial charge on any atom is 0.325 e. The predicted octanol–water partition coefficient (Wildman–Crippen LogP) is 1.36. The fourth-order valence-corrected chi connectivity index (χ4v) is 2.35. The fourth-order valence-electron chi connectivity index (χ4n) is 2.35. The van der Waals surface area contributed by atoms with Crippen molar-refractivity contribution < 1.29 is 14.7 Å². The Balaban J connectivity index is 2.18. The first-order valence-corrected chi connectivity index (χ1v) is 6.77. The molecule has 2 heterocycles. The second-order valence-electron chi connectivity index (χ2n) is 5.02. The summed E-state index contributed by atoms with van der Waals surface area (Å²) in [7, 11) is 0. The molecule has 0 atom stereocenters. The molecule has 0 spiro atoms. The SMILES string of the molecule is CC(=O)c1nn(CC(=O)O)c2ccc(-c3cnc(N)nc3)cc12. The van der Waals surface area contributed by atoms with E-state index in [4.69, 9.17) is 10.8 Å². The van der Waals surface area contributed by atoms with Crippen LogP contribution >= 0.6 is 0 Å². The van der Waals surface area contributed by atoms with E-state index in [1.54, 1.807) is 30.6 Å². The summed E-state index contributed by atoms with van der Waals surface area (Å²) in [4.78, 5) is 30.6. The van der Waals surface area contributed by atoms with E-state index in [1.165, 1.54) is 11.6 Å². The number of nitrogen functional groups attached to an aromatic ring is 1. The third kappa shape index (κ3) is 2.73. The molecule has 8 nitrogen and oxygen atoms in total. The van der Waals surface area contributed by atoms with Crippen molar-refractivity contribution in [1.82, 2.24) is 19.7 Å². The molecule has 0 saturated heterocycles. The number of carboxylic acids is 1. The van der Waals surface area contributed by atoms with Crippen molar-refractivity contribution in [3.63, 3.8) is 0 Å². The van der Waals surface area contributed by atoms with E-state index in [-0.39, 0.29) is 24.0 Å². The number of nitrogens with two attached hydrogens (primary N) is 1. The number of benzene rings is 1. The van der Waals surface area contributed by atoms with Crippen molar-refractivity contribution in [3.8, 4) is 11.1 Å². The number of aliphatic carboxylic acids is 1. The highest BCUT2D eigenvalue weighted by Gasteiger charge is 2.16. The highest BCUT2D eigenvalue weighted by molar-refractivity contribution is 6.06. The van der Waals surface area contributed by atoms with Gasteiger partial charge in [-0.15, -0.1) is 0 Å². The van der Waals surface area contributed by atoms with Gasteiger partial charge in [-0.05, 0) is 17.7 Å². The second kappa shape index (κ2) is 5.48. The Kier molecular flexibility index (Phi) is 3.49. The van der Waals surface area contributed by atoms with Crippen molar-refractivity contribution in [2.75, 3.05) is 5.73 Å². The van der Waals surface area contributed by atoms with E-state index in [9.17, 15) is 9.59 Å². The zero-order chi connectivity index (χ0) is 16.6. The van der Waals surface area contributed by atoms with Gasteiger partial charge in [-0.1, -0.05) is 6.07 Å². The molecule has 2 aromatic heterocycles. The molecular formula is C15H13N5O3. The first kappa shape index (κ1) is 14.6. The average Bonchev–Trinajstić information content (AvgIpc) is 2.85. The molecule has 0 aliphatic heterocycles. The van der Waals surface area contributed by atoms with Gasteiger partial charge in [0.25, 0.3) is 0 Å². The van der Waals surface area contributed by atoms with E-state index in [1.807, 2.05) is 0 Å². The molecule has 0 aliphatic rings.